The molecule has 0 aromatic heterocycles. The van der Waals surface area contributed by atoms with Gasteiger partial charge in [-0.05, 0) is 0 Å². The van der Waals surface area contributed by atoms with Crippen molar-refractivity contribution in [3.63, 3.8) is 0 Å². The molecule has 0 N–H and O–H groups in total. The molecular formula is KMgO16S4V-5. The predicted molar refractivity (Wildman–Crippen MR) is 47.7 cm³/mol. The van der Waals surface area contributed by atoms with Gasteiger partial charge in [-0.25, -0.2) is 0 Å². The zero-order valence-corrected chi connectivity index (χ0v) is 19.5. The second kappa shape index (κ2) is 19.2. The standard InChI is InChI=1S/K.Mg.4H2O4S.V/c;;4*1-5(2,3)4;/h;;4*(H2,1,2,3,4);/q+1;+2;;;;;/p-8. The van der Waals surface area contributed by atoms with Gasteiger partial charge in [-0.15, -0.1) is 0 Å². The summed E-state index contributed by atoms with van der Waals surface area (Å²) < 4.78 is 136. The molecule has 0 unspecified atom stereocenters. The van der Waals surface area contributed by atoms with Crippen LogP contribution < -0.4 is 51.4 Å². The molecule has 0 aromatic carbocycles. The van der Waals surface area contributed by atoms with E-state index in [0.717, 1.165) is 0 Å². The maximum absolute atomic E-state index is 8.52. The van der Waals surface area contributed by atoms with Crippen molar-refractivity contribution in [3.8, 4) is 0 Å². The number of hydrogen-bond acceptors (Lipinski definition) is 16. The van der Waals surface area contributed by atoms with E-state index in [1.165, 1.54) is 0 Å². The average molecular weight is 499 g/mol. The van der Waals surface area contributed by atoms with Crippen LogP contribution in [0.1, 0.15) is 0 Å². The second-order valence-electron chi connectivity index (χ2n) is 1.63. The molecule has 0 aliphatic rings. The van der Waals surface area contributed by atoms with Crippen molar-refractivity contribution in [2.24, 2.45) is 0 Å². The Kier molecular flexibility index (Phi) is 37.4. The Morgan fingerprint density at radius 3 is 0.391 bits per heavy atom. The van der Waals surface area contributed by atoms with Gasteiger partial charge in [0.15, 0.2) is 0 Å². The SMILES string of the molecule is O=S(=O)([O-])[O-].O=S(=O)([O-])[O-].O=S(=O)([O-])[O-].O=S(=O)([O-])[O-].[K+].[Mg+2].[V]. The summed E-state index contributed by atoms with van der Waals surface area (Å²) in [4.78, 5) is 0. The molecule has 0 aliphatic heterocycles. The molecule has 0 saturated carbocycles. The molecule has 133 valence electrons. The second-order valence-corrected chi connectivity index (χ2v) is 4.90. The van der Waals surface area contributed by atoms with Crippen molar-refractivity contribution in [3.05, 3.63) is 0 Å². The molecule has 0 fully saturated rings. The topological polar surface area (TPSA) is 321 Å². The fraction of sp³-hybridized carbons (Fsp3) is 0. The van der Waals surface area contributed by atoms with Gasteiger partial charge in [0, 0.05) is 60.2 Å². The normalized spacial score (nSPS) is 10.1. The van der Waals surface area contributed by atoms with Gasteiger partial charge in [0.05, 0.1) is 0 Å². The molecule has 0 rings (SSSR count). The quantitative estimate of drug-likeness (QED) is 0.170. The van der Waals surface area contributed by atoms with Crippen LogP contribution in [0.15, 0.2) is 0 Å². The molecular weight excluding hydrogens is 499 g/mol. The molecule has 0 aliphatic carbocycles. The van der Waals surface area contributed by atoms with E-state index in [1.54, 1.807) is 0 Å². The van der Waals surface area contributed by atoms with Gasteiger partial charge in [0.1, 0.15) is 0 Å². The molecule has 0 spiro atoms. The summed E-state index contributed by atoms with van der Waals surface area (Å²) in [5.41, 5.74) is 0. The third-order valence-electron chi connectivity index (χ3n) is 0. The first-order valence-electron chi connectivity index (χ1n) is 2.67. The van der Waals surface area contributed by atoms with Gasteiger partial charge in [0.2, 0.25) is 0 Å². The van der Waals surface area contributed by atoms with E-state index in [-0.39, 0.29) is 93.0 Å². The Balaban J connectivity index is -0.0000000284. The molecule has 0 amide bonds. The summed E-state index contributed by atoms with van der Waals surface area (Å²) in [6, 6.07) is 0. The molecule has 0 bridgehead atoms. The Bertz CT molecular complexity index is 485. The van der Waals surface area contributed by atoms with Gasteiger partial charge in [0.25, 0.3) is 0 Å². The number of hydrogen-bond donors (Lipinski definition) is 0. The van der Waals surface area contributed by atoms with Crippen LogP contribution in [0.25, 0.3) is 0 Å². The van der Waals surface area contributed by atoms with E-state index in [0.29, 0.717) is 0 Å². The molecule has 16 nitrogen and oxygen atoms in total. The van der Waals surface area contributed by atoms with Crippen molar-refractivity contribution >= 4 is 64.6 Å². The van der Waals surface area contributed by atoms with Crippen LogP contribution in [-0.4, -0.2) is 93.1 Å². The molecule has 23 heteroatoms. The Hall–Kier alpha value is 2.47. The van der Waals surface area contributed by atoms with Crippen LogP contribution in [-0.2, 0) is 60.2 Å². The largest absolute Gasteiger partial charge is 2.00 e. The van der Waals surface area contributed by atoms with E-state index in [9.17, 15) is 0 Å². The van der Waals surface area contributed by atoms with Crippen LogP contribution >= 0.6 is 0 Å². The molecule has 0 aromatic rings. The van der Waals surface area contributed by atoms with E-state index < -0.39 is 41.6 Å². The predicted octanol–water partition coefficient (Wildman–Crippen LogP) is -8.73. The average Bonchev–Trinajstić information content (AvgIpc) is 1.62. The van der Waals surface area contributed by atoms with Crippen LogP contribution in [0.4, 0.5) is 0 Å². The summed E-state index contributed by atoms with van der Waals surface area (Å²) in [5, 5.41) is 0. The van der Waals surface area contributed by atoms with Gasteiger partial charge < -0.3 is 36.4 Å². The van der Waals surface area contributed by atoms with Crippen LogP contribution in [0.3, 0.4) is 0 Å². The minimum absolute atomic E-state index is 0. The van der Waals surface area contributed by atoms with E-state index in [1.807, 2.05) is 0 Å². The van der Waals surface area contributed by atoms with Gasteiger partial charge in [-0.3, -0.25) is 33.7 Å². The summed E-state index contributed by atoms with van der Waals surface area (Å²) in [5.74, 6) is 0. The molecule has 23 heavy (non-hydrogen) atoms. The minimum Gasteiger partial charge on any atom is -0.759 e. The third kappa shape index (κ3) is 2030. The molecule has 0 atom stereocenters. The van der Waals surface area contributed by atoms with Gasteiger partial charge in [-0.2, -0.15) is 0 Å². The van der Waals surface area contributed by atoms with Gasteiger partial charge in [-0.1, -0.05) is 0 Å². The van der Waals surface area contributed by atoms with Gasteiger partial charge >= 0.3 is 74.4 Å². The van der Waals surface area contributed by atoms with Crippen LogP contribution in [0.2, 0.25) is 0 Å². The Morgan fingerprint density at radius 1 is 0.391 bits per heavy atom. The van der Waals surface area contributed by atoms with Crippen molar-refractivity contribution in [1.29, 1.82) is 0 Å². The smallest absolute Gasteiger partial charge is 0.759 e. The first-order valence-corrected chi connectivity index (χ1v) is 8.00. The zero-order valence-electron chi connectivity index (χ0n) is 10.3. The van der Waals surface area contributed by atoms with Crippen molar-refractivity contribution in [1.82, 2.24) is 0 Å². The van der Waals surface area contributed by atoms with E-state index in [2.05, 4.69) is 0 Å². The number of rotatable bonds is 0. The summed E-state index contributed by atoms with van der Waals surface area (Å²) in [6.45, 7) is 0. The minimum atomic E-state index is -5.17. The fourth-order valence-electron chi connectivity index (χ4n) is 0. The van der Waals surface area contributed by atoms with Crippen molar-refractivity contribution in [2.75, 3.05) is 0 Å². The van der Waals surface area contributed by atoms with Crippen molar-refractivity contribution in [2.45, 2.75) is 0 Å². The summed E-state index contributed by atoms with van der Waals surface area (Å²) in [6.07, 6.45) is 0. The summed E-state index contributed by atoms with van der Waals surface area (Å²) in [7, 11) is -20.7. The molecule has 1 radical (unpaired) electrons. The Labute approximate surface area is 201 Å². The maximum Gasteiger partial charge on any atom is 2.00 e. The van der Waals surface area contributed by atoms with E-state index in [4.69, 9.17) is 70.1 Å². The molecule has 0 saturated heterocycles. The zero-order chi connectivity index (χ0) is 18.0. The maximum atomic E-state index is 8.52. The summed E-state index contributed by atoms with van der Waals surface area (Å²) >= 11 is 0. The molecule has 0 heterocycles. The monoisotopic (exact) mass is 498 g/mol. The van der Waals surface area contributed by atoms with Crippen LogP contribution in [0, 0.1) is 0 Å². The van der Waals surface area contributed by atoms with Crippen LogP contribution in [0.5, 0.6) is 0 Å². The first-order chi connectivity index (χ1) is 8.00. The first kappa shape index (κ1) is 44.7. The Morgan fingerprint density at radius 2 is 0.391 bits per heavy atom. The fourth-order valence-corrected chi connectivity index (χ4v) is 0. The van der Waals surface area contributed by atoms with Crippen molar-refractivity contribution < 1.29 is 140 Å². The third-order valence-corrected chi connectivity index (χ3v) is 0. The van der Waals surface area contributed by atoms with E-state index >= 15 is 0 Å².